The summed E-state index contributed by atoms with van der Waals surface area (Å²) >= 11 is 0. The minimum absolute atomic E-state index is 0.284. The predicted molar refractivity (Wildman–Crippen MR) is 73.7 cm³/mol. The lowest BCUT2D eigenvalue weighted by Crippen LogP contribution is -2.59. The molecule has 2 heterocycles. The first-order valence-electron chi connectivity index (χ1n) is 6.71. The monoisotopic (exact) mass is 257 g/mol. The molecule has 2 bridgehead atoms. The second kappa shape index (κ2) is 4.64. The molecule has 100 valence electrons. The van der Waals surface area contributed by atoms with Crippen molar-refractivity contribution in [3.8, 4) is 12.3 Å². The SMILES string of the molecule is C#Cc1cccc(C2(O)CC3COCC(C2)N3C)c1. The van der Waals surface area contributed by atoms with E-state index in [9.17, 15) is 5.11 Å². The Morgan fingerprint density at radius 2 is 2.05 bits per heavy atom. The third kappa shape index (κ3) is 2.17. The zero-order valence-corrected chi connectivity index (χ0v) is 11.2. The molecule has 2 aliphatic rings. The Bertz CT molecular complexity index is 506. The van der Waals surface area contributed by atoms with Crippen LogP contribution in [0.2, 0.25) is 0 Å². The maximum atomic E-state index is 11.0. The van der Waals surface area contributed by atoms with Gasteiger partial charge in [-0.3, -0.25) is 4.90 Å². The Labute approximate surface area is 114 Å². The van der Waals surface area contributed by atoms with Gasteiger partial charge >= 0.3 is 0 Å². The summed E-state index contributed by atoms with van der Waals surface area (Å²) in [6.07, 6.45) is 6.85. The van der Waals surface area contributed by atoms with Crippen molar-refractivity contribution in [2.24, 2.45) is 0 Å². The molecule has 0 aliphatic carbocycles. The molecule has 3 rings (SSSR count). The van der Waals surface area contributed by atoms with Crippen LogP contribution in [0.1, 0.15) is 24.0 Å². The highest BCUT2D eigenvalue weighted by atomic mass is 16.5. The van der Waals surface area contributed by atoms with Crippen molar-refractivity contribution >= 4 is 0 Å². The highest BCUT2D eigenvalue weighted by Crippen LogP contribution is 2.40. The molecule has 0 aromatic heterocycles. The maximum Gasteiger partial charge on any atom is 0.0928 e. The highest BCUT2D eigenvalue weighted by molar-refractivity contribution is 5.38. The van der Waals surface area contributed by atoms with Crippen molar-refractivity contribution in [3.05, 3.63) is 35.4 Å². The van der Waals surface area contributed by atoms with Crippen LogP contribution in [0.3, 0.4) is 0 Å². The average molecular weight is 257 g/mol. The van der Waals surface area contributed by atoms with Gasteiger partial charge in [-0.2, -0.15) is 0 Å². The molecule has 1 aromatic rings. The third-order valence-corrected chi connectivity index (χ3v) is 4.49. The smallest absolute Gasteiger partial charge is 0.0928 e. The van der Waals surface area contributed by atoms with E-state index >= 15 is 0 Å². The molecule has 1 N–H and O–H groups in total. The Balaban J connectivity index is 1.93. The van der Waals surface area contributed by atoms with Crippen molar-refractivity contribution < 1.29 is 9.84 Å². The fourth-order valence-corrected chi connectivity index (χ4v) is 3.28. The third-order valence-electron chi connectivity index (χ3n) is 4.49. The Morgan fingerprint density at radius 3 is 2.68 bits per heavy atom. The standard InChI is InChI=1S/C16H19NO2/c1-3-12-5-4-6-13(7-12)16(18)8-14-10-19-11-15(9-16)17(14)2/h1,4-7,14-15,18H,8-11H2,2H3. The van der Waals surface area contributed by atoms with Gasteiger partial charge in [0.15, 0.2) is 0 Å². The molecule has 19 heavy (non-hydrogen) atoms. The molecule has 2 atom stereocenters. The molecule has 1 aromatic carbocycles. The van der Waals surface area contributed by atoms with Gasteiger partial charge in [-0.15, -0.1) is 6.42 Å². The van der Waals surface area contributed by atoms with Crippen LogP contribution in [-0.2, 0) is 10.3 Å². The number of rotatable bonds is 1. The van der Waals surface area contributed by atoms with E-state index in [2.05, 4.69) is 17.9 Å². The van der Waals surface area contributed by atoms with Gasteiger partial charge in [0.2, 0.25) is 0 Å². The first kappa shape index (κ1) is 12.7. The lowest BCUT2D eigenvalue weighted by atomic mass is 9.77. The van der Waals surface area contributed by atoms with Gasteiger partial charge in [-0.05, 0) is 37.6 Å². The fourth-order valence-electron chi connectivity index (χ4n) is 3.28. The molecule has 2 saturated heterocycles. The van der Waals surface area contributed by atoms with Crippen LogP contribution in [0.5, 0.6) is 0 Å². The number of ether oxygens (including phenoxy) is 1. The van der Waals surface area contributed by atoms with Crippen LogP contribution < -0.4 is 0 Å². The number of fused-ring (bicyclic) bond motifs is 2. The number of hydrogen-bond acceptors (Lipinski definition) is 3. The molecule has 0 spiro atoms. The molecule has 3 nitrogen and oxygen atoms in total. The number of morpholine rings is 1. The van der Waals surface area contributed by atoms with E-state index in [0.29, 0.717) is 26.1 Å². The van der Waals surface area contributed by atoms with E-state index in [1.54, 1.807) is 0 Å². The Hall–Kier alpha value is -1.34. The second-order valence-electron chi connectivity index (χ2n) is 5.68. The number of terminal acetylenes is 1. The number of aliphatic hydroxyl groups is 1. The number of piperidine rings is 1. The van der Waals surface area contributed by atoms with E-state index in [1.165, 1.54) is 0 Å². The highest BCUT2D eigenvalue weighted by Gasteiger charge is 2.45. The van der Waals surface area contributed by atoms with Crippen molar-refractivity contribution in [2.75, 3.05) is 20.3 Å². The molecule has 2 aliphatic heterocycles. The average Bonchev–Trinajstić information content (AvgIpc) is 2.41. The second-order valence-corrected chi connectivity index (χ2v) is 5.68. The summed E-state index contributed by atoms with van der Waals surface area (Å²) < 4.78 is 5.60. The van der Waals surface area contributed by atoms with Gasteiger partial charge in [-0.1, -0.05) is 18.1 Å². The fraction of sp³-hybridized carbons (Fsp3) is 0.500. The maximum absolute atomic E-state index is 11.0. The Morgan fingerprint density at radius 1 is 1.37 bits per heavy atom. The summed E-state index contributed by atoms with van der Waals surface area (Å²) in [5, 5.41) is 11.0. The minimum Gasteiger partial charge on any atom is -0.385 e. The van der Waals surface area contributed by atoms with Crippen LogP contribution in [-0.4, -0.2) is 42.4 Å². The van der Waals surface area contributed by atoms with Crippen molar-refractivity contribution in [1.29, 1.82) is 0 Å². The van der Waals surface area contributed by atoms with Gasteiger partial charge < -0.3 is 9.84 Å². The van der Waals surface area contributed by atoms with E-state index in [-0.39, 0.29) is 12.1 Å². The van der Waals surface area contributed by atoms with Crippen LogP contribution in [0.25, 0.3) is 0 Å². The normalized spacial score (nSPS) is 34.8. The Kier molecular flexibility index (Phi) is 3.10. The molecular formula is C16H19NO2. The van der Waals surface area contributed by atoms with Crippen LogP contribution in [0.15, 0.2) is 24.3 Å². The molecule has 0 radical (unpaired) electrons. The summed E-state index contributed by atoms with van der Waals surface area (Å²) in [7, 11) is 2.12. The number of hydrogen-bond donors (Lipinski definition) is 1. The van der Waals surface area contributed by atoms with Crippen LogP contribution in [0.4, 0.5) is 0 Å². The first-order chi connectivity index (χ1) is 9.12. The van der Waals surface area contributed by atoms with Gasteiger partial charge in [0, 0.05) is 17.6 Å². The minimum atomic E-state index is -0.779. The largest absolute Gasteiger partial charge is 0.385 e. The molecule has 3 heteroatoms. The summed E-state index contributed by atoms with van der Waals surface area (Å²) in [6, 6.07) is 8.29. The predicted octanol–water partition coefficient (Wildman–Crippen LogP) is 1.35. The number of benzene rings is 1. The van der Waals surface area contributed by atoms with Crippen molar-refractivity contribution in [1.82, 2.24) is 4.90 Å². The van der Waals surface area contributed by atoms with Crippen LogP contribution >= 0.6 is 0 Å². The van der Waals surface area contributed by atoms with E-state index < -0.39 is 5.60 Å². The van der Waals surface area contributed by atoms with Gasteiger partial charge in [0.25, 0.3) is 0 Å². The molecule has 2 fully saturated rings. The summed E-state index contributed by atoms with van der Waals surface area (Å²) in [5.41, 5.74) is 0.984. The van der Waals surface area contributed by atoms with Gasteiger partial charge in [0.05, 0.1) is 18.8 Å². The van der Waals surface area contributed by atoms with Gasteiger partial charge in [-0.25, -0.2) is 0 Å². The zero-order valence-electron chi connectivity index (χ0n) is 11.2. The van der Waals surface area contributed by atoms with E-state index in [0.717, 1.165) is 11.1 Å². The van der Waals surface area contributed by atoms with Gasteiger partial charge in [0.1, 0.15) is 0 Å². The summed E-state index contributed by atoms with van der Waals surface area (Å²) in [5.74, 6) is 2.64. The lowest BCUT2D eigenvalue weighted by Gasteiger charge is -2.50. The van der Waals surface area contributed by atoms with Crippen LogP contribution in [0, 0.1) is 12.3 Å². The first-order valence-corrected chi connectivity index (χ1v) is 6.71. The van der Waals surface area contributed by atoms with E-state index in [4.69, 9.17) is 11.2 Å². The molecule has 0 amide bonds. The topological polar surface area (TPSA) is 32.7 Å². The lowest BCUT2D eigenvalue weighted by molar-refractivity contribution is -0.137. The van der Waals surface area contributed by atoms with Crippen molar-refractivity contribution in [3.63, 3.8) is 0 Å². The number of nitrogens with zero attached hydrogens (tertiary/aromatic N) is 1. The number of likely N-dealkylation sites (N-methyl/N-ethyl adjacent to an activating group) is 1. The zero-order chi connectivity index (χ0) is 13.5. The quantitative estimate of drug-likeness (QED) is 0.771. The summed E-state index contributed by atoms with van der Waals surface area (Å²) in [4.78, 5) is 2.34. The molecule has 0 saturated carbocycles. The van der Waals surface area contributed by atoms with E-state index in [1.807, 2.05) is 24.3 Å². The summed E-state index contributed by atoms with van der Waals surface area (Å²) in [6.45, 7) is 1.40. The molecular weight excluding hydrogens is 238 g/mol. The molecule has 2 unspecified atom stereocenters. The van der Waals surface area contributed by atoms with Crippen molar-refractivity contribution in [2.45, 2.75) is 30.5 Å².